The zero-order chi connectivity index (χ0) is 17.6. The van der Waals surface area contributed by atoms with E-state index in [1.165, 1.54) is 5.56 Å². The minimum Gasteiger partial charge on any atom is -0.361 e. The Morgan fingerprint density at radius 1 is 1.20 bits per heavy atom. The van der Waals surface area contributed by atoms with Gasteiger partial charge in [0.25, 0.3) is 0 Å². The van der Waals surface area contributed by atoms with E-state index in [4.69, 9.17) is 4.52 Å². The number of amides is 1. The molecule has 0 saturated carbocycles. The van der Waals surface area contributed by atoms with Crippen molar-refractivity contribution in [1.82, 2.24) is 20.3 Å². The van der Waals surface area contributed by atoms with Gasteiger partial charge in [-0.05, 0) is 50.5 Å². The van der Waals surface area contributed by atoms with Gasteiger partial charge in [-0.1, -0.05) is 17.3 Å². The predicted octanol–water partition coefficient (Wildman–Crippen LogP) is 2.77. The van der Waals surface area contributed by atoms with Gasteiger partial charge in [-0.2, -0.15) is 5.10 Å². The smallest absolute Gasteiger partial charge is 0.220 e. The Hall–Kier alpha value is -2.89. The van der Waals surface area contributed by atoms with Gasteiger partial charge in [-0.15, -0.1) is 0 Å². The van der Waals surface area contributed by atoms with E-state index in [-0.39, 0.29) is 5.91 Å². The van der Waals surface area contributed by atoms with Gasteiger partial charge in [-0.3, -0.25) is 4.79 Å². The fraction of sp³-hybridized carbons (Fsp3) is 0.316. The number of hydrogen-bond donors (Lipinski definition) is 1. The molecule has 0 atom stereocenters. The summed E-state index contributed by atoms with van der Waals surface area (Å²) in [6, 6.07) is 10.1. The highest BCUT2D eigenvalue weighted by molar-refractivity contribution is 5.76. The summed E-state index contributed by atoms with van der Waals surface area (Å²) in [5.74, 6) is 0.843. The monoisotopic (exact) mass is 338 g/mol. The molecule has 3 rings (SSSR count). The maximum atomic E-state index is 12.0. The molecule has 0 aliphatic rings. The van der Waals surface area contributed by atoms with Gasteiger partial charge in [0, 0.05) is 30.9 Å². The van der Waals surface area contributed by atoms with E-state index >= 15 is 0 Å². The van der Waals surface area contributed by atoms with E-state index in [1.807, 2.05) is 42.9 Å². The van der Waals surface area contributed by atoms with Gasteiger partial charge >= 0.3 is 0 Å². The average Bonchev–Trinajstić information content (AvgIpc) is 3.25. The lowest BCUT2D eigenvalue weighted by Gasteiger charge is -2.07. The van der Waals surface area contributed by atoms with Crippen molar-refractivity contribution >= 4 is 5.91 Å². The first-order chi connectivity index (χ1) is 12.1. The molecule has 1 N–H and O–H groups in total. The summed E-state index contributed by atoms with van der Waals surface area (Å²) in [6.07, 6.45) is 5.57. The molecule has 0 saturated heterocycles. The van der Waals surface area contributed by atoms with Gasteiger partial charge in [0.1, 0.15) is 5.76 Å². The predicted molar refractivity (Wildman–Crippen MR) is 94.6 cm³/mol. The van der Waals surface area contributed by atoms with Crippen LogP contribution in [0.4, 0.5) is 0 Å². The molecule has 0 aliphatic carbocycles. The van der Waals surface area contributed by atoms with Gasteiger partial charge in [-0.25, -0.2) is 4.68 Å². The molecule has 130 valence electrons. The lowest BCUT2D eigenvalue weighted by Crippen LogP contribution is -2.26. The molecule has 0 aliphatic heterocycles. The molecule has 3 aromatic rings. The SMILES string of the molecule is Cc1noc(C)c1CCC(=O)NCCc1ccc(-n2cccn2)cc1. The van der Waals surface area contributed by atoms with E-state index in [2.05, 4.69) is 27.7 Å². The molecular weight excluding hydrogens is 316 g/mol. The van der Waals surface area contributed by atoms with E-state index in [1.54, 1.807) is 6.20 Å². The van der Waals surface area contributed by atoms with E-state index < -0.39 is 0 Å². The second kappa shape index (κ2) is 7.79. The van der Waals surface area contributed by atoms with Crippen LogP contribution in [-0.4, -0.2) is 27.4 Å². The number of carbonyl (C=O) groups is 1. The molecule has 1 amide bonds. The molecule has 1 aromatic carbocycles. The number of rotatable bonds is 7. The summed E-state index contributed by atoms with van der Waals surface area (Å²) in [7, 11) is 0. The molecule has 0 fully saturated rings. The second-order valence-corrected chi connectivity index (χ2v) is 6.02. The van der Waals surface area contributed by atoms with Crippen molar-refractivity contribution in [2.75, 3.05) is 6.54 Å². The lowest BCUT2D eigenvalue weighted by molar-refractivity contribution is -0.121. The highest BCUT2D eigenvalue weighted by atomic mass is 16.5. The Balaban J connectivity index is 1.42. The van der Waals surface area contributed by atoms with Gasteiger partial charge < -0.3 is 9.84 Å². The van der Waals surface area contributed by atoms with Crippen LogP contribution < -0.4 is 5.32 Å². The van der Waals surface area contributed by atoms with Gasteiger partial charge in [0.05, 0.1) is 11.4 Å². The van der Waals surface area contributed by atoms with E-state index in [0.717, 1.165) is 29.1 Å². The van der Waals surface area contributed by atoms with Crippen LogP contribution in [0.2, 0.25) is 0 Å². The molecule has 2 aromatic heterocycles. The molecule has 25 heavy (non-hydrogen) atoms. The summed E-state index contributed by atoms with van der Waals surface area (Å²) in [5, 5.41) is 11.1. The van der Waals surface area contributed by atoms with Crippen LogP contribution in [0.15, 0.2) is 47.2 Å². The molecule has 0 spiro atoms. The number of hydrogen-bond acceptors (Lipinski definition) is 4. The summed E-state index contributed by atoms with van der Waals surface area (Å²) in [5.41, 5.74) is 4.10. The second-order valence-electron chi connectivity index (χ2n) is 6.02. The lowest BCUT2D eigenvalue weighted by atomic mass is 10.1. The van der Waals surface area contributed by atoms with Crippen molar-refractivity contribution < 1.29 is 9.32 Å². The zero-order valence-corrected chi connectivity index (χ0v) is 14.5. The third kappa shape index (κ3) is 4.35. The summed E-state index contributed by atoms with van der Waals surface area (Å²) in [4.78, 5) is 12.0. The average molecular weight is 338 g/mol. The van der Waals surface area contributed by atoms with Crippen molar-refractivity contribution in [3.8, 4) is 5.69 Å². The normalized spacial score (nSPS) is 10.8. The maximum Gasteiger partial charge on any atom is 0.220 e. The number of aryl methyl sites for hydroxylation is 2. The van der Waals surface area contributed by atoms with Crippen LogP contribution in [0.3, 0.4) is 0 Å². The molecule has 6 heteroatoms. The van der Waals surface area contributed by atoms with Crippen LogP contribution in [0.1, 0.15) is 29.0 Å². The van der Waals surface area contributed by atoms with Crippen molar-refractivity contribution in [3.05, 3.63) is 65.3 Å². The number of nitrogens with one attached hydrogen (secondary N) is 1. The number of nitrogens with zero attached hydrogens (tertiary/aromatic N) is 3. The molecule has 6 nitrogen and oxygen atoms in total. The molecule has 0 bridgehead atoms. The fourth-order valence-corrected chi connectivity index (χ4v) is 2.77. The van der Waals surface area contributed by atoms with E-state index in [0.29, 0.717) is 19.4 Å². The fourth-order valence-electron chi connectivity index (χ4n) is 2.77. The topological polar surface area (TPSA) is 73.0 Å². The third-order valence-corrected chi connectivity index (χ3v) is 4.22. The number of benzene rings is 1. The maximum absolute atomic E-state index is 12.0. The highest BCUT2D eigenvalue weighted by Gasteiger charge is 2.10. The van der Waals surface area contributed by atoms with Gasteiger partial charge in [0.2, 0.25) is 5.91 Å². The third-order valence-electron chi connectivity index (χ3n) is 4.22. The molecule has 0 radical (unpaired) electrons. The largest absolute Gasteiger partial charge is 0.361 e. The van der Waals surface area contributed by atoms with Crippen molar-refractivity contribution in [3.63, 3.8) is 0 Å². The standard InChI is InChI=1S/C19H22N4O2/c1-14-18(15(2)25-22-14)8-9-19(24)20-12-10-16-4-6-17(7-5-16)23-13-3-11-21-23/h3-7,11,13H,8-10,12H2,1-2H3,(H,20,24). The molecular formula is C19H22N4O2. The number of carbonyl (C=O) groups excluding carboxylic acids is 1. The summed E-state index contributed by atoms with van der Waals surface area (Å²) in [6.45, 7) is 4.40. The van der Waals surface area contributed by atoms with Crippen LogP contribution in [0.25, 0.3) is 5.69 Å². The van der Waals surface area contributed by atoms with Crippen molar-refractivity contribution in [1.29, 1.82) is 0 Å². The molecule has 0 unspecified atom stereocenters. The quantitative estimate of drug-likeness (QED) is 0.719. The Labute approximate surface area is 146 Å². The summed E-state index contributed by atoms with van der Waals surface area (Å²) >= 11 is 0. The van der Waals surface area contributed by atoms with Crippen LogP contribution in [0.5, 0.6) is 0 Å². The number of aromatic nitrogens is 3. The minimum absolute atomic E-state index is 0.0492. The van der Waals surface area contributed by atoms with Crippen LogP contribution in [0, 0.1) is 13.8 Å². The van der Waals surface area contributed by atoms with Gasteiger partial charge in [0.15, 0.2) is 0 Å². The first kappa shape index (κ1) is 17.0. The Kier molecular flexibility index (Phi) is 5.28. The zero-order valence-electron chi connectivity index (χ0n) is 14.5. The summed E-state index contributed by atoms with van der Waals surface area (Å²) < 4.78 is 6.93. The Bertz CT molecular complexity index is 800. The Morgan fingerprint density at radius 2 is 2.00 bits per heavy atom. The van der Waals surface area contributed by atoms with Crippen molar-refractivity contribution in [2.24, 2.45) is 0 Å². The van der Waals surface area contributed by atoms with Crippen LogP contribution >= 0.6 is 0 Å². The Morgan fingerprint density at radius 3 is 2.64 bits per heavy atom. The first-order valence-electron chi connectivity index (χ1n) is 8.41. The molecule has 2 heterocycles. The van der Waals surface area contributed by atoms with Crippen molar-refractivity contribution in [2.45, 2.75) is 33.1 Å². The van der Waals surface area contributed by atoms with E-state index in [9.17, 15) is 4.79 Å². The highest BCUT2D eigenvalue weighted by Crippen LogP contribution is 2.14. The first-order valence-corrected chi connectivity index (χ1v) is 8.41. The van der Waals surface area contributed by atoms with Crippen LogP contribution in [-0.2, 0) is 17.6 Å². The minimum atomic E-state index is 0.0492.